The zero-order valence-electron chi connectivity index (χ0n) is 15.9. The van der Waals surface area contributed by atoms with Gasteiger partial charge in [-0.1, -0.05) is 0 Å². The normalized spacial score (nSPS) is 11.5. The van der Waals surface area contributed by atoms with Crippen LogP contribution in [0.25, 0.3) is 20.8 Å². The molecule has 4 rings (SSSR count). The summed E-state index contributed by atoms with van der Waals surface area (Å²) < 4.78 is 40.2. The first-order chi connectivity index (χ1) is 15.1. The second kappa shape index (κ2) is 7.93. The van der Waals surface area contributed by atoms with Gasteiger partial charge < -0.3 is 10.4 Å². The van der Waals surface area contributed by atoms with E-state index in [1.807, 2.05) is 0 Å². The average molecular weight is 459 g/mol. The number of phenols is 1. The third-order valence-electron chi connectivity index (χ3n) is 4.52. The molecule has 2 N–H and O–H groups in total. The highest BCUT2D eigenvalue weighted by Crippen LogP contribution is 2.37. The van der Waals surface area contributed by atoms with E-state index in [2.05, 4.69) is 10.3 Å². The summed E-state index contributed by atoms with van der Waals surface area (Å²) in [6.07, 6.45) is -4.98. The molecule has 162 valence electrons. The van der Waals surface area contributed by atoms with E-state index in [4.69, 9.17) is 0 Å². The monoisotopic (exact) mass is 459 g/mol. The number of fused-ring (bicyclic) bond motifs is 1. The summed E-state index contributed by atoms with van der Waals surface area (Å²) in [5, 5.41) is 23.6. The first-order valence-corrected chi connectivity index (χ1v) is 9.80. The molecular formula is C21H12F3N3O4S. The van der Waals surface area contributed by atoms with Crippen LogP contribution >= 0.6 is 11.3 Å². The minimum absolute atomic E-state index is 0.130. The Bertz CT molecular complexity index is 1350. The number of thiazole rings is 1. The molecule has 4 aromatic rings. The van der Waals surface area contributed by atoms with Gasteiger partial charge in [0.2, 0.25) is 0 Å². The number of amides is 1. The Morgan fingerprint density at radius 1 is 1.06 bits per heavy atom. The number of halogens is 3. The lowest BCUT2D eigenvalue weighted by molar-refractivity contribution is -0.388. The fraction of sp³-hybridized carbons (Fsp3) is 0.0476. The summed E-state index contributed by atoms with van der Waals surface area (Å²) in [5.74, 6) is -0.709. The number of carbonyl (C=O) groups excluding carboxylic acids is 1. The molecule has 0 atom stereocenters. The van der Waals surface area contributed by atoms with Crippen molar-refractivity contribution in [3.05, 3.63) is 81.9 Å². The number of alkyl halides is 3. The average Bonchev–Trinajstić information content (AvgIpc) is 3.16. The minimum Gasteiger partial charge on any atom is -0.508 e. The van der Waals surface area contributed by atoms with Crippen molar-refractivity contribution < 1.29 is 28.0 Å². The number of nitrogens with one attached hydrogen (secondary N) is 1. The number of benzene rings is 3. The van der Waals surface area contributed by atoms with Crippen molar-refractivity contribution >= 4 is 38.8 Å². The number of hydrogen-bond acceptors (Lipinski definition) is 6. The molecule has 32 heavy (non-hydrogen) atoms. The maximum absolute atomic E-state index is 13.1. The van der Waals surface area contributed by atoms with Crippen molar-refractivity contribution in [2.24, 2.45) is 0 Å². The summed E-state index contributed by atoms with van der Waals surface area (Å²) in [5.41, 5.74) is -1.19. The van der Waals surface area contributed by atoms with E-state index in [1.165, 1.54) is 17.4 Å². The van der Waals surface area contributed by atoms with E-state index >= 15 is 0 Å². The van der Waals surface area contributed by atoms with Crippen LogP contribution in [0.5, 0.6) is 5.75 Å². The van der Waals surface area contributed by atoms with Gasteiger partial charge in [-0.3, -0.25) is 14.9 Å². The standard InChI is InChI=1S/C21H12F3N3O4S/c22-21(23,24)15-9-12(3-8-17(15)27(30)31)19(29)25-13-4-1-11(2-5-13)20-26-16-7-6-14(28)10-18(16)32-20/h1-10,28H,(H,25,29). The van der Waals surface area contributed by atoms with Crippen molar-refractivity contribution in [3.63, 3.8) is 0 Å². The van der Waals surface area contributed by atoms with E-state index in [1.54, 1.807) is 36.4 Å². The highest BCUT2D eigenvalue weighted by Gasteiger charge is 2.38. The molecule has 0 saturated heterocycles. The van der Waals surface area contributed by atoms with E-state index in [9.17, 15) is 33.2 Å². The van der Waals surface area contributed by atoms with Gasteiger partial charge in [-0.2, -0.15) is 13.2 Å². The topological polar surface area (TPSA) is 105 Å². The number of anilines is 1. The zero-order chi connectivity index (χ0) is 23.0. The molecule has 0 aliphatic rings. The van der Waals surface area contributed by atoms with Crippen LogP contribution in [-0.2, 0) is 6.18 Å². The van der Waals surface area contributed by atoms with Gasteiger partial charge in [-0.25, -0.2) is 4.98 Å². The second-order valence-electron chi connectivity index (χ2n) is 6.69. The number of aromatic nitrogens is 1. The van der Waals surface area contributed by atoms with Crippen molar-refractivity contribution in [2.45, 2.75) is 6.18 Å². The summed E-state index contributed by atoms with van der Waals surface area (Å²) in [6.45, 7) is 0. The van der Waals surface area contributed by atoms with Crippen LogP contribution in [0.1, 0.15) is 15.9 Å². The third kappa shape index (κ3) is 4.23. The largest absolute Gasteiger partial charge is 0.508 e. The highest BCUT2D eigenvalue weighted by molar-refractivity contribution is 7.21. The molecule has 0 aliphatic heterocycles. The minimum atomic E-state index is -4.98. The lowest BCUT2D eigenvalue weighted by atomic mass is 10.1. The molecule has 0 spiro atoms. The van der Waals surface area contributed by atoms with Crippen LogP contribution in [-0.4, -0.2) is 20.9 Å². The number of nitro benzene ring substituents is 1. The molecule has 0 fully saturated rings. The number of hydrogen-bond donors (Lipinski definition) is 2. The Labute approximate surface area is 181 Å². The van der Waals surface area contributed by atoms with Crippen molar-refractivity contribution in [2.75, 3.05) is 5.32 Å². The maximum Gasteiger partial charge on any atom is 0.423 e. The van der Waals surface area contributed by atoms with Crippen molar-refractivity contribution in [3.8, 4) is 16.3 Å². The van der Waals surface area contributed by atoms with Gasteiger partial charge in [0.05, 0.1) is 15.1 Å². The molecule has 1 amide bonds. The Kier molecular flexibility index (Phi) is 5.26. The van der Waals surface area contributed by atoms with Crippen LogP contribution in [0, 0.1) is 10.1 Å². The molecule has 0 radical (unpaired) electrons. The molecule has 3 aromatic carbocycles. The summed E-state index contributed by atoms with van der Waals surface area (Å²) in [6, 6.07) is 13.4. The predicted octanol–water partition coefficient (Wildman–Crippen LogP) is 5.85. The molecule has 0 aliphatic carbocycles. The van der Waals surface area contributed by atoms with Crippen LogP contribution in [0.2, 0.25) is 0 Å². The van der Waals surface area contributed by atoms with Crippen LogP contribution in [0.3, 0.4) is 0 Å². The molecule has 11 heteroatoms. The predicted molar refractivity (Wildman–Crippen MR) is 113 cm³/mol. The van der Waals surface area contributed by atoms with Crippen molar-refractivity contribution in [1.82, 2.24) is 4.98 Å². The molecule has 1 heterocycles. The smallest absolute Gasteiger partial charge is 0.423 e. The molecule has 0 saturated carbocycles. The van der Waals surface area contributed by atoms with E-state index in [0.717, 1.165) is 21.8 Å². The number of carbonyl (C=O) groups is 1. The van der Waals surface area contributed by atoms with Gasteiger partial charge >= 0.3 is 6.18 Å². The molecular weight excluding hydrogens is 447 g/mol. The van der Waals surface area contributed by atoms with E-state index < -0.39 is 28.3 Å². The molecule has 0 unspecified atom stereocenters. The number of nitrogens with zero attached hydrogens (tertiary/aromatic N) is 2. The lowest BCUT2D eigenvalue weighted by Gasteiger charge is -2.10. The Balaban J connectivity index is 1.55. The summed E-state index contributed by atoms with van der Waals surface area (Å²) in [4.78, 5) is 26.6. The number of aromatic hydroxyl groups is 1. The van der Waals surface area contributed by atoms with Gasteiger partial charge in [0.15, 0.2) is 0 Å². The molecule has 0 bridgehead atoms. The molecule has 1 aromatic heterocycles. The van der Waals surface area contributed by atoms with Crippen molar-refractivity contribution in [1.29, 1.82) is 0 Å². The van der Waals surface area contributed by atoms with E-state index in [0.29, 0.717) is 22.8 Å². The van der Waals surface area contributed by atoms with Gasteiger partial charge in [-0.15, -0.1) is 11.3 Å². The van der Waals surface area contributed by atoms with Gasteiger partial charge in [-0.05, 0) is 54.6 Å². The Morgan fingerprint density at radius 3 is 2.44 bits per heavy atom. The quantitative estimate of drug-likeness (QED) is 0.294. The summed E-state index contributed by atoms with van der Waals surface area (Å²) in [7, 11) is 0. The highest BCUT2D eigenvalue weighted by atomic mass is 32.1. The number of phenolic OH excluding ortho intramolecular Hbond substituents is 1. The lowest BCUT2D eigenvalue weighted by Crippen LogP contribution is -2.15. The maximum atomic E-state index is 13.1. The Morgan fingerprint density at radius 2 is 1.78 bits per heavy atom. The zero-order valence-corrected chi connectivity index (χ0v) is 16.7. The second-order valence-corrected chi connectivity index (χ2v) is 7.72. The third-order valence-corrected chi connectivity index (χ3v) is 5.59. The van der Waals surface area contributed by atoms with Gasteiger partial charge in [0.25, 0.3) is 11.6 Å². The SMILES string of the molecule is O=C(Nc1ccc(-c2nc3ccc(O)cc3s2)cc1)c1ccc([N+](=O)[O-])c(C(F)(F)F)c1. The summed E-state index contributed by atoms with van der Waals surface area (Å²) >= 11 is 1.37. The van der Waals surface area contributed by atoms with Crippen LogP contribution in [0.4, 0.5) is 24.5 Å². The Hall–Kier alpha value is -3.99. The van der Waals surface area contributed by atoms with Crippen LogP contribution in [0.15, 0.2) is 60.7 Å². The fourth-order valence-corrected chi connectivity index (χ4v) is 4.00. The van der Waals surface area contributed by atoms with Gasteiger partial charge in [0, 0.05) is 22.9 Å². The first kappa shape index (κ1) is 21.2. The first-order valence-electron chi connectivity index (χ1n) is 8.99. The number of rotatable bonds is 4. The number of nitro groups is 1. The van der Waals surface area contributed by atoms with Gasteiger partial charge in [0.1, 0.15) is 16.3 Å². The fourth-order valence-electron chi connectivity index (χ4n) is 3.00. The molecule has 7 nitrogen and oxygen atoms in total. The van der Waals surface area contributed by atoms with E-state index in [-0.39, 0.29) is 11.3 Å². The van der Waals surface area contributed by atoms with Crippen LogP contribution < -0.4 is 5.32 Å².